The lowest BCUT2D eigenvalue weighted by molar-refractivity contribution is -0.140. The van der Waals surface area contributed by atoms with Gasteiger partial charge in [-0.2, -0.15) is 0 Å². The highest BCUT2D eigenvalue weighted by molar-refractivity contribution is 5.69. The van der Waals surface area contributed by atoms with E-state index in [4.69, 9.17) is 5.73 Å². The summed E-state index contributed by atoms with van der Waals surface area (Å²) in [6.45, 7) is 2.33. The summed E-state index contributed by atoms with van der Waals surface area (Å²) in [5.74, 6) is 1.48. The van der Waals surface area contributed by atoms with Crippen molar-refractivity contribution in [3.8, 4) is 0 Å². The lowest BCUT2D eigenvalue weighted by atomic mass is 9.79. The largest absolute Gasteiger partial charge is 0.469 e. The van der Waals surface area contributed by atoms with Crippen molar-refractivity contribution in [1.82, 2.24) is 0 Å². The van der Waals surface area contributed by atoms with Crippen LogP contribution in [0.1, 0.15) is 51.9 Å². The molecule has 3 heteroatoms. The van der Waals surface area contributed by atoms with Crippen molar-refractivity contribution in [3.63, 3.8) is 0 Å². The average molecular weight is 227 g/mol. The van der Waals surface area contributed by atoms with Gasteiger partial charge in [0.25, 0.3) is 0 Å². The van der Waals surface area contributed by atoms with E-state index in [1.807, 2.05) is 0 Å². The van der Waals surface area contributed by atoms with Crippen molar-refractivity contribution in [2.45, 2.75) is 57.9 Å². The van der Waals surface area contributed by atoms with Gasteiger partial charge in [0.2, 0.25) is 0 Å². The Bertz CT molecular complexity index is 218. The fourth-order valence-electron chi connectivity index (χ4n) is 2.73. The Labute approximate surface area is 98.7 Å². The molecular weight excluding hydrogens is 202 g/mol. The molecule has 0 amide bonds. The van der Waals surface area contributed by atoms with E-state index < -0.39 is 0 Å². The second-order valence-corrected chi connectivity index (χ2v) is 5.25. The molecular formula is C13H25NO2. The van der Waals surface area contributed by atoms with Crippen molar-refractivity contribution in [2.24, 2.45) is 17.6 Å². The van der Waals surface area contributed by atoms with Crippen molar-refractivity contribution in [3.05, 3.63) is 0 Å². The van der Waals surface area contributed by atoms with Crippen LogP contribution in [0.2, 0.25) is 0 Å². The predicted molar refractivity (Wildman–Crippen MR) is 65.0 cm³/mol. The van der Waals surface area contributed by atoms with Gasteiger partial charge in [-0.3, -0.25) is 4.79 Å². The zero-order chi connectivity index (χ0) is 12.0. The third-order valence-corrected chi connectivity index (χ3v) is 3.63. The summed E-state index contributed by atoms with van der Waals surface area (Å²) in [4.78, 5) is 11.0. The van der Waals surface area contributed by atoms with Gasteiger partial charge in [0.1, 0.15) is 0 Å². The van der Waals surface area contributed by atoms with Crippen LogP contribution in [0.4, 0.5) is 0 Å². The first-order chi connectivity index (χ1) is 7.61. The quantitative estimate of drug-likeness (QED) is 0.734. The van der Waals surface area contributed by atoms with Gasteiger partial charge in [0.15, 0.2) is 0 Å². The van der Waals surface area contributed by atoms with Crippen molar-refractivity contribution < 1.29 is 9.53 Å². The first kappa shape index (κ1) is 13.5. The van der Waals surface area contributed by atoms with Gasteiger partial charge < -0.3 is 10.5 Å². The van der Waals surface area contributed by atoms with Crippen molar-refractivity contribution in [1.29, 1.82) is 0 Å². The van der Waals surface area contributed by atoms with E-state index in [2.05, 4.69) is 11.7 Å². The smallest absolute Gasteiger partial charge is 0.305 e. The maximum atomic E-state index is 11.0. The number of ether oxygens (including phenoxy) is 1. The minimum absolute atomic E-state index is 0.146. The van der Waals surface area contributed by atoms with Crippen LogP contribution >= 0.6 is 0 Å². The highest BCUT2D eigenvalue weighted by Crippen LogP contribution is 2.31. The molecule has 0 radical (unpaired) electrons. The molecule has 0 aromatic heterocycles. The van der Waals surface area contributed by atoms with Gasteiger partial charge in [-0.1, -0.05) is 26.2 Å². The van der Waals surface area contributed by atoms with Gasteiger partial charge >= 0.3 is 5.97 Å². The Balaban J connectivity index is 2.17. The van der Waals surface area contributed by atoms with Crippen LogP contribution in [0, 0.1) is 11.8 Å². The molecule has 1 saturated carbocycles. The van der Waals surface area contributed by atoms with E-state index in [9.17, 15) is 4.79 Å². The molecule has 1 aliphatic carbocycles. The van der Waals surface area contributed by atoms with Crippen LogP contribution in [0.5, 0.6) is 0 Å². The third-order valence-electron chi connectivity index (χ3n) is 3.63. The second kappa shape index (κ2) is 6.89. The fraction of sp³-hybridized carbons (Fsp3) is 0.923. The second-order valence-electron chi connectivity index (χ2n) is 5.25. The van der Waals surface area contributed by atoms with Crippen LogP contribution < -0.4 is 5.73 Å². The summed E-state index contributed by atoms with van der Waals surface area (Å²) in [5.41, 5.74) is 6.05. The normalized spacial score (nSPS) is 27.4. The molecule has 0 aromatic carbocycles. The van der Waals surface area contributed by atoms with E-state index in [-0.39, 0.29) is 12.0 Å². The van der Waals surface area contributed by atoms with E-state index in [1.165, 1.54) is 32.8 Å². The Hall–Kier alpha value is -0.570. The molecule has 0 spiro atoms. The molecule has 1 fully saturated rings. The molecule has 0 heterocycles. The average Bonchev–Trinajstić information content (AvgIpc) is 2.26. The molecule has 1 rings (SSSR count). The van der Waals surface area contributed by atoms with Gasteiger partial charge in [-0.25, -0.2) is 0 Å². The summed E-state index contributed by atoms with van der Waals surface area (Å²) < 4.78 is 4.61. The summed E-state index contributed by atoms with van der Waals surface area (Å²) >= 11 is 0. The van der Waals surface area contributed by atoms with Crippen LogP contribution in [0.15, 0.2) is 0 Å². The van der Waals surface area contributed by atoms with E-state index in [1.54, 1.807) is 0 Å². The molecule has 0 bridgehead atoms. The molecule has 3 nitrogen and oxygen atoms in total. The molecule has 0 aliphatic heterocycles. The molecule has 3 atom stereocenters. The molecule has 2 N–H and O–H groups in total. The van der Waals surface area contributed by atoms with E-state index in [0.29, 0.717) is 6.42 Å². The summed E-state index contributed by atoms with van der Waals surface area (Å²) in [5, 5.41) is 0. The highest BCUT2D eigenvalue weighted by atomic mass is 16.5. The number of carbonyl (C=O) groups excluding carboxylic acids is 1. The van der Waals surface area contributed by atoms with E-state index >= 15 is 0 Å². The maximum Gasteiger partial charge on any atom is 0.305 e. The van der Waals surface area contributed by atoms with Gasteiger partial charge in [0.05, 0.1) is 7.11 Å². The predicted octanol–water partition coefficient (Wildman–Crippen LogP) is 2.48. The SMILES string of the molecule is COC(=O)CCC(N)CC1CCCC(C)C1. The number of nitrogens with two attached hydrogens (primary N) is 1. The number of hydrogen-bond acceptors (Lipinski definition) is 3. The zero-order valence-corrected chi connectivity index (χ0v) is 10.6. The lowest BCUT2D eigenvalue weighted by Gasteiger charge is -2.28. The maximum absolute atomic E-state index is 11.0. The highest BCUT2D eigenvalue weighted by Gasteiger charge is 2.21. The number of rotatable bonds is 5. The molecule has 3 unspecified atom stereocenters. The number of methoxy groups -OCH3 is 1. The third kappa shape index (κ3) is 4.97. The van der Waals surface area contributed by atoms with Crippen LogP contribution in [-0.4, -0.2) is 19.1 Å². The standard InChI is InChI=1S/C13H25NO2/c1-10-4-3-5-11(8-10)9-12(14)6-7-13(15)16-2/h10-12H,3-9,14H2,1-2H3. The molecule has 16 heavy (non-hydrogen) atoms. The Morgan fingerprint density at radius 2 is 2.25 bits per heavy atom. The number of esters is 1. The van der Waals surface area contributed by atoms with Crippen molar-refractivity contribution in [2.75, 3.05) is 7.11 Å². The van der Waals surface area contributed by atoms with Crippen LogP contribution in [0.25, 0.3) is 0 Å². The van der Waals surface area contributed by atoms with Gasteiger partial charge in [-0.05, 0) is 31.1 Å². The first-order valence-corrected chi connectivity index (χ1v) is 6.44. The minimum Gasteiger partial charge on any atom is -0.469 e. The monoisotopic (exact) mass is 227 g/mol. The summed E-state index contributed by atoms with van der Waals surface area (Å²) in [6, 6.07) is 0.161. The van der Waals surface area contributed by atoms with Gasteiger partial charge in [-0.15, -0.1) is 0 Å². The summed E-state index contributed by atoms with van der Waals surface area (Å²) in [7, 11) is 1.43. The van der Waals surface area contributed by atoms with Gasteiger partial charge in [0, 0.05) is 12.5 Å². The topological polar surface area (TPSA) is 52.3 Å². The fourth-order valence-corrected chi connectivity index (χ4v) is 2.73. The summed E-state index contributed by atoms with van der Waals surface area (Å²) in [6.07, 6.45) is 7.63. The Morgan fingerprint density at radius 1 is 1.50 bits per heavy atom. The van der Waals surface area contributed by atoms with Crippen LogP contribution in [-0.2, 0) is 9.53 Å². The minimum atomic E-state index is -0.146. The Morgan fingerprint density at radius 3 is 2.88 bits per heavy atom. The Kier molecular flexibility index (Phi) is 5.81. The molecule has 0 aromatic rings. The molecule has 1 aliphatic rings. The lowest BCUT2D eigenvalue weighted by Crippen LogP contribution is -2.27. The molecule has 0 saturated heterocycles. The number of hydrogen-bond donors (Lipinski definition) is 1. The molecule has 94 valence electrons. The van der Waals surface area contributed by atoms with Crippen LogP contribution in [0.3, 0.4) is 0 Å². The van der Waals surface area contributed by atoms with E-state index in [0.717, 1.165) is 24.7 Å². The first-order valence-electron chi connectivity index (χ1n) is 6.44. The van der Waals surface area contributed by atoms with Crippen molar-refractivity contribution >= 4 is 5.97 Å². The zero-order valence-electron chi connectivity index (χ0n) is 10.6. The number of carbonyl (C=O) groups is 1.